The number of esters is 2. The van der Waals surface area contributed by atoms with Crippen LogP contribution in [0.3, 0.4) is 0 Å². The SMILES string of the molecule is C=C1CC[C@@H]2[C@@](C)(CCC=C(C)C)[C@H](OC(C)=O)CC[C@@]2(C)[C@H]1Cc1c(OC(C)=O)c(C)c(C)oc1=O. The summed E-state index contributed by atoms with van der Waals surface area (Å²) in [5.74, 6) is 0.346. The molecule has 1 aromatic rings. The number of carbonyl (C=O) groups excluding carboxylic acids is 2. The Morgan fingerprint density at radius 2 is 1.78 bits per heavy atom. The summed E-state index contributed by atoms with van der Waals surface area (Å²) in [6.07, 6.45) is 7.78. The second-order valence-electron chi connectivity index (χ2n) is 11.9. The van der Waals surface area contributed by atoms with Gasteiger partial charge in [0.1, 0.15) is 17.6 Å². The molecule has 0 spiro atoms. The predicted molar refractivity (Wildman–Crippen MR) is 144 cm³/mol. The molecule has 0 unspecified atom stereocenters. The Hall–Kier alpha value is -2.63. The van der Waals surface area contributed by atoms with Gasteiger partial charge in [0.05, 0.1) is 5.56 Å². The van der Waals surface area contributed by atoms with Crippen LogP contribution in [-0.2, 0) is 20.7 Å². The average Bonchev–Trinajstić information content (AvgIpc) is 2.77. The molecule has 2 saturated carbocycles. The minimum atomic E-state index is -0.463. The molecule has 0 radical (unpaired) electrons. The van der Waals surface area contributed by atoms with E-state index in [0.29, 0.717) is 29.1 Å². The van der Waals surface area contributed by atoms with Gasteiger partial charge < -0.3 is 13.9 Å². The van der Waals surface area contributed by atoms with Crippen LogP contribution in [0.25, 0.3) is 0 Å². The molecule has 5 atom stereocenters. The molecule has 0 aliphatic heterocycles. The summed E-state index contributed by atoms with van der Waals surface area (Å²) in [6.45, 7) is 19.6. The zero-order valence-electron chi connectivity index (χ0n) is 23.9. The molecule has 204 valence electrons. The molecule has 0 N–H and O–H groups in total. The summed E-state index contributed by atoms with van der Waals surface area (Å²) >= 11 is 0. The number of hydrogen-bond donors (Lipinski definition) is 0. The maximum Gasteiger partial charge on any atom is 0.342 e. The molecule has 0 bridgehead atoms. The van der Waals surface area contributed by atoms with E-state index >= 15 is 0 Å². The van der Waals surface area contributed by atoms with E-state index in [2.05, 4.69) is 40.3 Å². The van der Waals surface area contributed by atoms with Gasteiger partial charge in [0.15, 0.2) is 0 Å². The third kappa shape index (κ3) is 5.78. The molecule has 0 amide bonds. The van der Waals surface area contributed by atoms with Crippen LogP contribution in [0.2, 0.25) is 0 Å². The van der Waals surface area contributed by atoms with Crippen LogP contribution < -0.4 is 10.4 Å². The van der Waals surface area contributed by atoms with Crippen molar-refractivity contribution in [2.24, 2.45) is 22.7 Å². The van der Waals surface area contributed by atoms with Gasteiger partial charge in [-0.25, -0.2) is 4.79 Å². The maximum absolute atomic E-state index is 13.1. The van der Waals surface area contributed by atoms with Crippen LogP contribution in [0.4, 0.5) is 0 Å². The van der Waals surface area contributed by atoms with Gasteiger partial charge in [-0.2, -0.15) is 0 Å². The zero-order valence-corrected chi connectivity index (χ0v) is 23.9. The standard InChI is InChI=1S/C31H44O6/c1-18(2)11-10-15-31(9)26-13-12-19(3)25(30(26,8)16-14-27(31)36-22(6)32)17-24-28(37-23(7)33)20(4)21(5)35-29(24)34/h11,25-27H,3,10,12-17H2,1-2,4-9H3/t25-,26-,27+,30-,31+/m0/s1. The molecular formula is C31H44O6. The van der Waals surface area contributed by atoms with E-state index in [1.807, 2.05) is 6.92 Å². The Morgan fingerprint density at radius 1 is 1.11 bits per heavy atom. The topological polar surface area (TPSA) is 82.8 Å². The number of carbonyl (C=O) groups is 2. The highest BCUT2D eigenvalue weighted by molar-refractivity contribution is 5.70. The van der Waals surface area contributed by atoms with Crippen molar-refractivity contribution in [2.75, 3.05) is 0 Å². The zero-order chi connectivity index (χ0) is 27.7. The fraction of sp³-hybridized carbons (Fsp3) is 0.645. The number of aryl methyl sites for hydroxylation is 1. The lowest BCUT2D eigenvalue weighted by atomic mass is 9.45. The van der Waals surface area contributed by atoms with Crippen LogP contribution >= 0.6 is 0 Å². The summed E-state index contributed by atoms with van der Waals surface area (Å²) in [5.41, 5.74) is 2.62. The summed E-state index contributed by atoms with van der Waals surface area (Å²) < 4.78 is 17.1. The van der Waals surface area contributed by atoms with Crippen molar-refractivity contribution < 1.29 is 23.5 Å². The smallest absolute Gasteiger partial charge is 0.342 e. The predicted octanol–water partition coefficient (Wildman–Crippen LogP) is 6.79. The molecule has 6 nitrogen and oxygen atoms in total. The minimum Gasteiger partial charge on any atom is -0.462 e. The lowest BCUT2D eigenvalue weighted by Crippen LogP contribution is -2.57. The van der Waals surface area contributed by atoms with Gasteiger partial charge >= 0.3 is 17.6 Å². The number of rotatable bonds is 7. The highest BCUT2D eigenvalue weighted by Gasteiger charge is 2.58. The molecule has 2 aliphatic carbocycles. The number of hydrogen-bond acceptors (Lipinski definition) is 6. The molecule has 2 aliphatic rings. The van der Waals surface area contributed by atoms with Gasteiger partial charge in [-0.05, 0) is 89.9 Å². The lowest BCUT2D eigenvalue weighted by Gasteiger charge is -2.61. The molecule has 37 heavy (non-hydrogen) atoms. The third-order valence-corrected chi connectivity index (χ3v) is 9.15. The van der Waals surface area contributed by atoms with Gasteiger partial charge in [-0.1, -0.05) is 37.6 Å². The molecule has 0 aromatic carbocycles. The van der Waals surface area contributed by atoms with E-state index in [-0.39, 0.29) is 34.7 Å². The molecular weight excluding hydrogens is 468 g/mol. The Bertz CT molecular complexity index is 1150. The largest absolute Gasteiger partial charge is 0.462 e. The first-order valence-corrected chi connectivity index (χ1v) is 13.5. The van der Waals surface area contributed by atoms with Gasteiger partial charge in [0.25, 0.3) is 0 Å². The van der Waals surface area contributed by atoms with Crippen molar-refractivity contribution in [3.05, 3.63) is 51.1 Å². The van der Waals surface area contributed by atoms with Gasteiger partial charge in [0.2, 0.25) is 0 Å². The Morgan fingerprint density at radius 3 is 2.38 bits per heavy atom. The van der Waals surface area contributed by atoms with Crippen molar-refractivity contribution in [1.82, 2.24) is 0 Å². The van der Waals surface area contributed by atoms with Crippen molar-refractivity contribution >= 4 is 11.9 Å². The Kier molecular flexibility index (Phi) is 8.60. The van der Waals surface area contributed by atoms with E-state index in [4.69, 9.17) is 13.9 Å². The first-order valence-electron chi connectivity index (χ1n) is 13.5. The van der Waals surface area contributed by atoms with E-state index in [0.717, 1.165) is 44.1 Å². The maximum atomic E-state index is 13.1. The van der Waals surface area contributed by atoms with Crippen LogP contribution in [0.5, 0.6) is 5.75 Å². The molecule has 1 aromatic heterocycles. The second-order valence-corrected chi connectivity index (χ2v) is 11.9. The van der Waals surface area contributed by atoms with E-state index in [1.54, 1.807) is 6.92 Å². The monoisotopic (exact) mass is 512 g/mol. The first-order chi connectivity index (χ1) is 17.2. The van der Waals surface area contributed by atoms with Crippen LogP contribution in [0.15, 0.2) is 33.0 Å². The number of allylic oxidation sites excluding steroid dienone is 3. The highest BCUT2D eigenvalue weighted by atomic mass is 16.5. The lowest BCUT2D eigenvalue weighted by molar-refractivity contribution is -0.178. The van der Waals surface area contributed by atoms with E-state index in [9.17, 15) is 14.4 Å². The Labute approximate surface area is 221 Å². The van der Waals surface area contributed by atoms with Gasteiger partial charge in [0, 0.05) is 24.8 Å². The minimum absolute atomic E-state index is 0.00613. The van der Waals surface area contributed by atoms with Crippen LogP contribution in [0, 0.1) is 36.5 Å². The van der Waals surface area contributed by atoms with Crippen molar-refractivity contribution in [3.63, 3.8) is 0 Å². The summed E-state index contributed by atoms with van der Waals surface area (Å²) in [7, 11) is 0. The first kappa shape index (κ1) is 28.9. The highest BCUT2D eigenvalue weighted by Crippen LogP contribution is 2.63. The van der Waals surface area contributed by atoms with Gasteiger partial charge in [-0.15, -0.1) is 0 Å². The normalized spacial score (nSPS) is 29.3. The second kappa shape index (κ2) is 11.0. The fourth-order valence-electron chi connectivity index (χ4n) is 7.17. The van der Waals surface area contributed by atoms with Crippen LogP contribution in [-0.4, -0.2) is 18.0 Å². The Balaban J connectivity index is 2.07. The average molecular weight is 513 g/mol. The van der Waals surface area contributed by atoms with Crippen molar-refractivity contribution in [3.8, 4) is 5.75 Å². The van der Waals surface area contributed by atoms with Gasteiger partial charge in [-0.3, -0.25) is 9.59 Å². The molecule has 2 fully saturated rings. The van der Waals surface area contributed by atoms with E-state index in [1.165, 1.54) is 19.4 Å². The number of fused-ring (bicyclic) bond motifs is 1. The van der Waals surface area contributed by atoms with E-state index < -0.39 is 11.6 Å². The molecule has 0 saturated heterocycles. The fourth-order valence-corrected chi connectivity index (χ4v) is 7.17. The third-order valence-electron chi connectivity index (χ3n) is 9.15. The van der Waals surface area contributed by atoms with Crippen molar-refractivity contribution in [2.45, 2.75) is 106 Å². The molecule has 3 rings (SSSR count). The quantitative estimate of drug-likeness (QED) is 0.295. The summed E-state index contributed by atoms with van der Waals surface area (Å²) in [4.78, 5) is 37.1. The van der Waals surface area contributed by atoms with Crippen LogP contribution in [0.1, 0.15) is 97.0 Å². The molecule has 6 heteroatoms. The molecule has 1 heterocycles. The number of ether oxygens (including phenoxy) is 2. The summed E-state index contributed by atoms with van der Waals surface area (Å²) in [5, 5.41) is 0. The van der Waals surface area contributed by atoms with Crippen molar-refractivity contribution in [1.29, 1.82) is 0 Å². The summed E-state index contributed by atoms with van der Waals surface area (Å²) in [6, 6.07) is 0.